The maximum absolute atomic E-state index is 9.22. The smallest absolute Gasteiger partial charge is 0.146 e. The fraction of sp³-hybridized carbons (Fsp3) is 0.0714. The van der Waals surface area contributed by atoms with E-state index in [0.29, 0.717) is 22.6 Å². The fourth-order valence-electron chi connectivity index (χ4n) is 1.53. The molecule has 4 heteroatoms. The summed E-state index contributed by atoms with van der Waals surface area (Å²) in [6, 6.07) is 14.4. The predicted octanol–water partition coefficient (Wildman–Crippen LogP) is 3.61. The van der Waals surface area contributed by atoms with Crippen molar-refractivity contribution < 1.29 is 9.84 Å². The number of hydrogen-bond donors (Lipinski definition) is 1. The Morgan fingerprint density at radius 2 is 1.94 bits per heavy atom. The third-order valence-corrected chi connectivity index (χ3v) is 2.92. The molecule has 3 nitrogen and oxygen atoms in total. The van der Waals surface area contributed by atoms with Crippen molar-refractivity contribution in [3.8, 4) is 17.6 Å². The third-order valence-electron chi connectivity index (χ3n) is 2.43. The molecule has 0 aromatic heterocycles. The van der Waals surface area contributed by atoms with Crippen LogP contribution >= 0.6 is 15.9 Å². The number of ether oxygens (including phenoxy) is 1. The molecular formula is C14H10BrNO2. The molecule has 2 aromatic rings. The van der Waals surface area contributed by atoms with Crippen LogP contribution in [0.3, 0.4) is 0 Å². The van der Waals surface area contributed by atoms with Gasteiger partial charge in [-0.2, -0.15) is 5.26 Å². The molecule has 0 radical (unpaired) electrons. The van der Waals surface area contributed by atoms with Gasteiger partial charge in [-0.15, -0.1) is 0 Å². The molecule has 0 aliphatic carbocycles. The van der Waals surface area contributed by atoms with Crippen molar-refractivity contribution in [2.24, 2.45) is 0 Å². The van der Waals surface area contributed by atoms with E-state index >= 15 is 0 Å². The van der Waals surface area contributed by atoms with E-state index in [1.54, 1.807) is 30.3 Å². The summed E-state index contributed by atoms with van der Waals surface area (Å²) in [4.78, 5) is 0. The summed E-state index contributed by atoms with van der Waals surface area (Å²) < 4.78 is 6.52. The first-order valence-corrected chi connectivity index (χ1v) is 6.10. The van der Waals surface area contributed by atoms with Gasteiger partial charge in [0.15, 0.2) is 0 Å². The molecule has 0 aliphatic rings. The first kappa shape index (κ1) is 12.6. The number of rotatable bonds is 3. The predicted molar refractivity (Wildman–Crippen MR) is 71.3 cm³/mol. The van der Waals surface area contributed by atoms with Crippen LogP contribution in [0.25, 0.3) is 0 Å². The molecule has 0 unspecified atom stereocenters. The summed E-state index contributed by atoms with van der Waals surface area (Å²) in [7, 11) is 0. The molecule has 0 bridgehead atoms. The van der Waals surface area contributed by atoms with Crippen LogP contribution in [-0.2, 0) is 6.61 Å². The van der Waals surface area contributed by atoms with Gasteiger partial charge in [0.1, 0.15) is 17.6 Å². The van der Waals surface area contributed by atoms with Gasteiger partial charge in [-0.3, -0.25) is 0 Å². The van der Waals surface area contributed by atoms with Gasteiger partial charge in [-0.1, -0.05) is 34.1 Å². The molecule has 90 valence electrons. The molecule has 0 aliphatic heterocycles. The van der Waals surface area contributed by atoms with Gasteiger partial charge in [0, 0.05) is 10.0 Å². The van der Waals surface area contributed by atoms with Gasteiger partial charge in [0.25, 0.3) is 0 Å². The maximum atomic E-state index is 9.22. The minimum absolute atomic E-state index is 0.105. The zero-order chi connectivity index (χ0) is 13.0. The van der Waals surface area contributed by atoms with Gasteiger partial charge < -0.3 is 9.84 Å². The zero-order valence-electron chi connectivity index (χ0n) is 9.43. The zero-order valence-corrected chi connectivity index (χ0v) is 11.0. The van der Waals surface area contributed by atoms with Gasteiger partial charge >= 0.3 is 0 Å². The second-order valence-corrected chi connectivity index (χ2v) is 4.54. The van der Waals surface area contributed by atoms with E-state index in [4.69, 9.17) is 10.00 Å². The molecule has 0 saturated heterocycles. The molecule has 0 amide bonds. The number of aliphatic hydroxyl groups is 1. The molecule has 0 fully saturated rings. The molecule has 2 aromatic carbocycles. The molecule has 1 N–H and O–H groups in total. The molecule has 0 spiro atoms. The standard InChI is InChI=1S/C14H10BrNO2/c15-12-6-5-10(8-16)14(7-12)18-13-4-2-1-3-11(13)9-17/h1-7,17H,9H2. The van der Waals surface area contributed by atoms with Gasteiger partial charge in [0.05, 0.1) is 12.2 Å². The number of hydrogen-bond acceptors (Lipinski definition) is 3. The number of benzene rings is 2. The topological polar surface area (TPSA) is 53.2 Å². The van der Waals surface area contributed by atoms with Crippen molar-refractivity contribution in [1.82, 2.24) is 0 Å². The molecule has 2 rings (SSSR count). The van der Waals surface area contributed by atoms with Crippen LogP contribution in [0.15, 0.2) is 46.9 Å². The quantitative estimate of drug-likeness (QED) is 0.942. The Morgan fingerprint density at radius 1 is 1.17 bits per heavy atom. The number of aliphatic hydroxyl groups excluding tert-OH is 1. The fourth-order valence-corrected chi connectivity index (χ4v) is 1.87. The van der Waals surface area contributed by atoms with Gasteiger partial charge in [-0.25, -0.2) is 0 Å². The Hall–Kier alpha value is -1.83. The normalized spacial score (nSPS) is 9.83. The lowest BCUT2D eigenvalue weighted by Crippen LogP contribution is -1.93. The van der Waals surface area contributed by atoms with Crippen molar-refractivity contribution in [3.63, 3.8) is 0 Å². The van der Waals surface area contributed by atoms with E-state index in [0.717, 1.165) is 4.47 Å². The summed E-state index contributed by atoms with van der Waals surface area (Å²) in [5, 5.41) is 18.2. The Labute approximate surface area is 113 Å². The van der Waals surface area contributed by atoms with Crippen LogP contribution in [0.1, 0.15) is 11.1 Å². The van der Waals surface area contributed by atoms with E-state index in [1.165, 1.54) is 0 Å². The minimum atomic E-state index is -0.105. The van der Waals surface area contributed by atoms with Crippen LogP contribution < -0.4 is 4.74 Å². The Balaban J connectivity index is 2.40. The first-order valence-electron chi connectivity index (χ1n) is 5.31. The van der Waals surface area contributed by atoms with Crippen LogP contribution in [0, 0.1) is 11.3 Å². The average molecular weight is 304 g/mol. The number of para-hydroxylation sites is 1. The number of nitrogens with zero attached hydrogens (tertiary/aromatic N) is 1. The highest BCUT2D eigenvalue weighted by Gasteiger charge is 2.08. The Kier molecular flexibility index (Phi) is 3.98. The first-order chi connectivity index (χ1) is 8.74. The minimum Gasteiger partial charge on any atom is -0.456 e. The van der Waals surface area contributed by atoms with Crippen LogP contribution in [-0.4, -0.2) is 5.11 Å². The lowest BCUT2D eigenvalue weighted by molar-refractivity contribution is 0.276. The largest absolute Gasteiger partial charge is 0.456 e. The van der Waals surface area contributed by atoms with E-state index in [-0.39, 0.29) is 6.61 Å². The molecule has 18 heavy (non-hydrogen) atoms. The monoisotopic (exact) mass is 303 g/mol. The molecule has 0 saturated carbocycles. The third kappa shape index (κ3) is 2.70. The molecular weight excluding hydrogens is 294 g/mol. The van der Waals surface area contributed by atoms with Crippen molar-refractivity contribution >= 4 is 15.9 Å². The highest BCUT2D eigenvalue weighted by atomic mass is 79.9. The van der Waals surface area contributed by atoms with E-state index in [1.807, 2.05) is 12.1 Å². The lowest BCUT2D eigenvalue weighted by atomic mass is 10.2. The Morgan fingerprint density at radius 3 is 2.67 bits per heavy atom. The van der Waals surface area contributed by atoms with E-state index in [2.05, 4.69) is 22.0 Å². The average Bonchev–Trinajstić information content (AvgIpc) is 2.40. The highest BCUT2D eigenvalue weighted by molar-refractivity contribution is 9.10. The van der Waals surface area contributed by atoms with Gasteiger partial charge in [0.2, 0.25) is 0 Å². The Bertz CT molecular complexity index is 605. The van der Waals surface area contributed by atoms with E-state index in [9.17, 15) is 5.11 Å². The number of nitriles is 1. The van der Waals surface area contributed by atoms with Crippen molar-refractivity contribution in [2.75, 3.05) is 0 Å². The van der Waals surface area contributed by atoms with Crippen LogP contribution in [0.2, 0.25) is 0 Å². The summed E-state index contributed by atoms with van der Waals surface area (Å²) >= 11 is 3.34. The summed E-state index contributed by atoms with van der Waals surface area (Å²) in [6.45, 7) is -0.105. The SMILES string of the molecule is N#Cc1ccc(Br)cc1Oc1ccccc1CO. The highest BCUT2D eigenvalue weighted by Crippen LogP contribution is 2.30. The molecule has 0 heterocycles. The maximum Gasteiger partial charge on any atom is 0.146 e. The van der Waals surface area contributed by atoms with Crippen LogP contribution in [0.5, 0.6) is 11.5 Å². The number of halogens is 1. The lowest BCUT2D eigenvalue weighted by Gasteiger charge is -2.10. The summed E-state index contributed by atoms with van der Waals surface area (Å²) in [5.41, 5.74) is 1.13. The van der Waals surface area contributed by atoms with E-state index < -0.39 is 0 Å². The van der Waals surface area contributed by atoms with Crippen LogP contribution in [0.4, 0.5) is 0 Å². The van der Waals surface area contributed by atoms with Gasteiger partial charge in [-0.05, 0) is 24.3 Å². The van der Waals surface area contributed by atoms with Crippen molar-refractivity contribution in [1.29, 1.82) is 5.26 Å². The molecule has 0 atom stereocenters. The second kappa shape index (κ2) is 5.67. The van der Waals surface area contributed by atoms with Crippen molar-refractivity contribution in [2.45, 2.75) is 6.61 Å². The second-order valence-electron chi connectivity index (χ2n) is 3.62. The summed E-state index contributed by atoms with van der Waals surface area (Å²) in [6.07, 6.45) is 0. The van der Waals surface area contributed by atoms with Crippen molar-refractivity contribution in [3.05, 3.63) is 58.1 Å². The summed E-state index contributed by atoms with van der Waals surface area (Å²) in [5.74, 6) is 1.02.